The molecular weight excluding hydrogens is 432 g/mol. The molecule has 0 saturated carbocycles. The maximum Gasteiger partial charge on any atom is 0.254 e. The molecule has 27 heavy (non-hydrogen) atoms. The van der Waals surface area contributed by atoms with E-state index < -0.39 is 10.0 Å². The number of ether oxygens (including phenoxy) is 1. The van der Waals surface area contributed by atoms with Crippen LogP contribution in [0.1, 0.15) is 23.2 Å². The zero-order valence-electron chi connectivity index (χ0n) is 14.9. The predicted molar refractivity (Wildman–Crippen MR) is 106 cm³/mol. The molecule has 0 unspecified atom stereocenters. The predicted octanol–water partition coefficient (Wildman–Crippen LogP) is 3.04. The number of carbonyl (C=O) groups excluding carboxylic acids is 1. The van der Waals surface area contributed by atoms with Gasteiger partial charge in [-0.15, -0.1) is 0 Å². The number of carbonyl (C=O) groups is 1. The molecule has 0 aliphatic carbocycles. The maximum atomic E-state index is 12.6. The SMILES string of the molecule is COc1ccc(S(=O)(=O)NC2CCN(C(=O)c3ccccc3Br)CC2)cc1. The summed E-state index contributed by atoms with van der Waals surface area (Å²) in [5.74, 6) is 0.562. The lowest BCUT2D eigenvalue weighted by Gasteiger charge is -2.32. The summed E-state index contributed by atoms with van der Waals surface area (Å²) in [5, 5.41) is 0. The van der Waals surface area contributed by atoms with Crippen LogP contribution in [-0.4, -0.2) is 45.5 Å². The minimum atomic E-state index is -3.60. The van der Waals surface area contributed by atoms with Crippen molar-refractivity contribution < 1.29 is 17.9 Å². The molecule has 0 radical (unpaired) electrons. The Balaban J connectivity index is 1.60. The second kappa shape index (κ2) is 8.41. The summed E-state index contributed by atoms with van der Waals surface area (Å²) in [6, 6.07) is 13.4. The summed E-state index contributed by atoms with van der Waals surface area (Å²) in [7, 11) is -2.07. The van der Waals surface area contributed by atoms with Crippen LogP contribution in [-0.2, 0) is 10.0 Å². The highest BCUT2D eigenvalue weighted by atomic mass is 79.9. The Labute approximate surface area is 167 Å². The Bertz CT molecular complexity index is 908. The van der Waals surface area contributed by atoms with Gasteiger partial charge in [0.2, 0.25) is 10.0 Å². The fraction of sp³-hybridized carbons (Fsp3) is 0.316. The molecular formula is C19H21BrN2O4S. The number of rotatable bonds is 5. The average Bonchev–Trinajstić information content (AvgIpc) is 2.68. The molecule has 1 saturated heterocycles. The van der Waals surface area contributed by atoms with Crippen LogP contribution in [0.2, 0.25) is 0 Å². The molecule has 8 heteroatoms. The van der Waals surface area contributed by atoms with Crippen molar-refractivity contribution in [2.75, 3.05) is 20.2 Å². The van der Waals surface area contributed by atoms with E-state index in [2.05, 4.69) is 20.7 Å². The van der Waals surface area contributed by atoms with Crippen molar-refractivity contribution in [1.82, 2.24) is 9.62 Å². The van der Waals surface area contributed by atoms with Crippen LogP contribution in [0.5, 0.6) is 5.75 Å². The molecule has 1 aliphatic rings. The van der Waals surface area contributed by atoms with Crippen LogP contribution in [0.25, 0.3) is 0 Å². The first kappa shape index (κ1) is 19.9. The molecule has 0 aromatic heterocycles. The molecule has 1 fully saturated rings. The van der Waals surface area contributed by atoms with E-state index in [0.717, 1.165) is 4.47 Å². The van der Waals surface area contributed by atoms with Crippen molar-refractivity contribution in [3.8, 4) is 5.75 Å². The second-order valence-electron chi connectivity index (χ2n) is 6.34. The monoisotopic (exact) mass is 452 g/mol. The summed E-state index contributed by atoms with van der Waals surface area (Å²) in [4.78, 5) is 14.6. The number of piperidine rings is 1. The number of sulfonamides is 1. The van der Waals surface area contributed by atoms with Gasteiger partial charge in [-0.2, -0.15) is 0 Å². The Morgan fingerprint density at radius 3 is 2.33 bits per heavy atom. The van der Waals surface area contributed by atoms with Gasteiger partial charge in [-0.25, -0.2) is 13.1 Å². The third kappa shape index (κ3) is 4.69. The van der Waals surface area contributed by atoms with E-state index in [4.69, 9.17) is 4.74 Å². The molecule has 0 spiro atoms. The molecule has 0 bridgehead atoms. The minimum absolute atomic E-state index is 0.0427. The number of nitrogens with zero attached hydrogens (tertiary/aromatic N) is 1. The summed E-state index contributed by atoms with van der Waals surface area (Å²) in [6.07, 6.45) is 1.15. The fourth-order valence-corrected chi connectivity index (χ4v) is 4.81. The van der Waals surface area contributed by atoms with Crippen LogP contribution in [0.15, 0.2) is 57.9 Å². The van der Waals surface area contributed by atoms with Gasteiger partial charge in [0, 0.05) is 23.6 Å². The van der Waals surface area contributed by atoms with Crippen LogP contribution in [0, 0.1) is 0 Å². The van der Waals surface area contributed by atoms with Crippen molar-refractivity contribution in [1.29, 1.82) is 0 Å². The number of likely N-dealkylation sites (tertiary alicyclic amines) is 1. The average molecular weight is 453 g/mol. The first-order chi connectivity index (χ1) is 12.9. The van der Waals surface area contributed by atoms with Gasteiger partial charge in [0.05, 0.1) is 17.6 Å². The van der Waals surface area contributed by atoms with E-state index in [1.165, 1.54) is 19.2 Å². The molecule has 3 rings (SSSR count). The lowest BCUT2D eigenvalue weighted by Crippen LogP contribution is -2.46. The first-order valence-electron chi connectivity index (χ1n) is 8.61. The molecule has 1 amide bonds. The molecule has 1 N–H and O–H groups in total. The zero-order valence-corrected chi connectivity index (χ0v) is 17.3. The van der Waals surface area contributed by atoms with Gasteiger partial charge in [-0.05, 0) is 65.2 Å². The van der Waals surface area contributed by atoms with E-state index in [1.807, 2.05) is 18.2 Å². The van der Waals surface area contributed by atoms with Crippen molar-refractivity contribution >= 4 is 31.9 Å². The topological polar surface area (TPSA) is 75.7 Å². The lowest BCUT2D eigenvalue weighted by atomic mass is 10.0. The third-order valence-electron chi connectivity index (χ3n) is 4.58. The molecule has 1 heterocycles. The number of methoxy groups -OCH3 is 1. The van der Waals surface area contributed by atoms with Crippen LogP contribution >= 0.6 is 15.9 Å². The van der Waals surface area contributed by atoms with Gasteiger partial charge in [0.25, 0.3) is 5.91 Å². The van der Waals surface area contributed by atoms with Gasteiger partial charge < -0.3 is 9.64 Å². The van der Waals surface area contributed by atoms with Crippen LogP contribution < -0.4 is 9.46 Å². The molecule has 2 aromatic rings. The summed E-state index contributed by atoms with van der Waals surface area (Å²) in [5.41, 5.74) is 0.620. The van der Waals surface area contributed by atoms with Crippen molar-refractivity contribution in [3.63, 3.8) is 0 Å². The number of hydrogen-bond donors (Lipinski definition) is 1. The standard InChI is InChI=1S/C19H21BrN2O4S/c1-26-15-6-8-16(9-7-15)27(24,25)21-14-10-12-22(13-11-14)19(23)17-4-2-3-5-18(17)20/h2-9,14,21H,10-13H2,1H3. The van der Waals surface area contributed by atoms with Crippen molar-refractivity contribution in [3.05, 3.63) is 58.6 Å². The number of benzene rings is 2. The lowest BCUT2D eigenvalue weighted by molar-refractivity contribution is 0.0710. The van der Waals surface area contributed by atoms with Gasteiger partial charge in [0.1, 0.15) is 5.75 Å². The number of hydrogen-bond acceptors (Lipinski definition) is 4. The normalized spacial score (nSPS) is 15.6. The van der Waals surface area contributed by atoms with Gasteiger partial charge >= 0.3 is 0 Å². The number of halogens is 1. The van der Waals surface area contributed by atoms with E-state index >= 15 is 0 Å². The van der Waals surface area contributed by atoms with Gasteiger partial charge in [0.15, 0.2) is 0 Å². The highest BCUT2D eigenvalue weighted by Crippen LogP contribution is 2.22. The second-order valence-corrected chi connectivity index (χ2v) is 8.91. The Morgan fingerprint density at radius 2 is 1.74 bits per heavy atom. The molecule has 2 aromatic carbocycles. The Hall–Kier alpha value is -1.90. The Morgan fingerprint density at radius 1 is 1.11 bits per heavy atom. The van der Waals surface area contributed by atoms with E-state index in [-0.39, 0.29) is 16.8 Å². The molecule has 0 atom stereocenters. The first-order valence-corrected chi connectivity index (χ1v) is 10.9. The highest BCUT2D eigenvalue weighted by Gasteiger charge is 2.27. The molecule has 144 valence electrons. The molecule has 6 nitrogen and oxygen atoms in total. The van der Waals surface area contributed by atoms with Gasteiger partial charge in [-0.3, -0.25) is 4.79 Å². The van der Waals surface area contributed by atoms with Crippen LogP contribution in [0.3, 0.4) is 0 Å². The number of nitrogens with one attached hydrogen (secondary N) is 1. The van der Waals surface area contributed by atoms with E-state index in [9.17, 15) is 13.2 Å². The number of amides is 1. The maximum absolute atomic E-state index is 12.6. The molecule has 1 aliphatic heterocycles. The van der Waals surface area contributed by atoms with E-state index in [1.54, 1.807) is 23.1 Å². The van der Waals surface area contributed by atoms with Gasteiger partial charge in [-0.1, -0.05) is 12.1 Å². The van der Waals surface area contributed by atoms with Crippen molar-refractivity contribution in [2.24, 2.45) is 0 Å². The fourth-order valence-electron chi connectivity index (χ4n) is 3.05. The zero-order chi connectivity index (χ0) is 19.4. The van der Waals surface area contributed by atoms with E-state index in [0.29, 0.717) is 37.2 Å². The smallest absolute Gasteiger partial charge is 0.254 e. The third-order valence-corrected chi connectivity index (χ3v) is 6.81. The summed E-state index contributed by atoms with van der Waals surface area (Å²) >= 11 is 3.40. The Kier molecular flexibility index (Phi) is 6.18. The minimum Gasteiger partial charge on any atom is -0.497 e. The van der Waals surface area contributed by atoms with Crippen molar-refractivity contribution in [2.45, 2.75) is 23.8 Å². The largest absolute Gasteiger partial charge is 0.497 e. The quantitative estimate of drug-likeness (QED) is 0.756. The summed E-state index contributed by atoms with van der Waals surface area (Å²) < 4.78 is 33.6. The highest BCUT2D eigenvalue weighted by molar-refractivity contribution is 9.10. The summed E-state index contributed by atoms with van der Waals surface area (Å²) in [6.45, 7) is 1.02. The van der Waals surface area contributed by atoms with Crippen LogP contribution in [0.4, 0.5) is 0 Å².